The van der Waals surface area contributed by atoms with Gasteiger partial charge in [0.25, 0.3) is 5.89 Å². The number of rotatable bonds is 3. The van der Waals surface area contributed by atoms with E-state index in [9.17, 15) is 0 Å². The molecule has 0 atom stereocenters. The Hall–Kier alpha value is -1.66. The molecule has 0 radical (unpaired) electrons. The average Bonchev–Trinajstić information content (AvgIpc) is 2.86. The van der Waals surface area contributed by atoms with Crippen molar-refractivity contribution < 1.29 is 4.52 Å². The third kappa shape index (κ3) is 2.48. The van der Waals surface area contributed by atoms with E-state index in [1.807, 2.05) is 31.1 Å². The SMILES string of the molecule is CN(C)c1cc(-c2nc(C3(N)CCC3)no2)ccn1.Cl. The second kappa shape index (κ2) is 5.38. The molecule has 2 N–H and O–H groups in total. The van der Waals surface area contributed by atoms with E-state index in [-0.39, 0.29) is 17.9 Å². The van der Waals surface area contributed by atoms with Crippen LogP contribution in [-0.2, 0) is 5.54 Å². The van der Waals surface area contributed by atoms with Gasteiger partial charge in [0.2, 0.25) is 0 Å². The zero-order valence-corrected chi connectivity index (χ0v) is 12.4. The van der Waals surface area contributed by atoms with E-state index in [0.29, 0.717) is 11.7 Å². The first kappa shape index (κ1) is 14.7. The molecule has 0 bridgehead atoms. The Kier molecular flexibility index (Phi) is 3.96. The van der Waals surface area contributed by atoms with Crippen molar-refractivity contribution in [2.24, 2.45) is 5.73 Å². The molecule has 3 rings (SSSR count). The molecule has 7 heteroatoms. The van der Waals surface area contributed by atoms with Crippen LogP contribution in [-0.4, -0.2) is 29.2 Å². The van der Waals surface area contributed by atoms with Crippen molar-refractivity contribution in [1.29, 1.82) is 0 Å². The van der Waals surface area contributed by atoms with E-state index in [2.05, 4.69) is 15.1 Å². The fourth-order valence-corrected chi connectivity index (χ4v) is 2.12. The maximum absolute atomic E-state index is 6.19. The van der Waals surface area contributed by atoms with Crippen LogP contribution in [0.1, 0.15) is 25.1 Å². The van der Waals surface area contributed by atoms with E-state index < -0.39 is 0 Å². The summed E-state index contributed by atoms with van der Waals surface area (Å²) < 4.78 is 5.32. The molecule has 0 spiro atoms. The maximum Gasteiger partial charge on any atom is 0.258 e. The highest BCUT2D eigenvalue weighted by Crippen LogP contribution is 2.37. The van der Waals surface area contributed by atoms with E-state index in [4.69, 9.17) is 10.3 Å². The predicted molar refractivity (Wildman–Crippen MR) is 78.8 cm³/mol. The van der Waals surface area contributed by atoms with Gasteiger partial charge in [0.1, 0.15) is 5.82 Å². The molecule has 6 nitrogen and oxygen atoms in total. The molecule has 0 unspecified atom stereocenters. The van der Waals surface area contributed by atoms with Gasteiger partial charge in [-0.05, 0) is 31.4 Å². The van der Waals surface area contributed by atoms with Crippen LogP contribution < -0.4 is 10.6 Å². The van der Waals surface area contributed by atoms with Crippen molar-refractivity contribution in [2.45, 2.75) is 24.8 Å². The topological polar surface area (TPSA) is 81.1 Å². The molecule has 20 heavy (non-hydrogen) atoms. The lowest BCUT2D eigenvalue weighted by Gasteiger charge is -2.34. The molecule has 0 aliphatic heterocycles. The van der Waals surface area contributed by atoms with Crippen LogP contribution >= 0.6 is 12.4 Å². The smallest absolute Gasteiger partial charge is 0.258 e. The Balaban J connectivity index is 0.00000147. The fraction of sp³-hybridized carbons (Fsp3) is 0.462. The van der Waals surface area contributed by atoms with Gasteiger partial charge in [-0.2, -0.15) is 4.98 Å². The lowest BCUT2D eigenvalue weighted by Crippen LogP contribution is -2.44. The molecular formula is C13H18ClN5O. The normalized spacial score (nSPS) is 16.1. The van der Waals surface area contributed by atoms with Crippen LogP contribution in [0.3, 0.4) is 0 Å². The van der Waals surface area contributed by atoms with E-state index in [1.165, 1.54) is 0 Å². The standard InChI is InChI=1S/C13H17N5O.ClH/c1-18(2)10-8-9(4-7-15-10)11-16-12(17-19-11)13(14)5-3-6-13;/h4,7-8H,3,5-6,14H2,1-2H3;1H. The lowest BCUT2D eigenvalue weighted by molar-refractivity contribution is 0.229. The number of hydrogen-bond acceptors (Lipinski definition) is 6. The van der Waals surface area contributed by atoms with Gasteiger partial charge in [-0.3, -0.25) is 0 Å². The molecule has 1 fully saturated rings. The Morgan fingerprint density at radius 1 is 1.35 bits per heavy atom. The summed E-state index contributed by atoms with van der Waals surface area (Å²) in [5.41, 5.74) is 6.66. The number of nitrogens with two attached hydrogens (primary N) is 1. The van der Waals surface area contributed by atoms with Crippen LogP contribution in [0.4, 0.5) is 5.82 Å². The Labute approximate surface area is 123 Å². The third-order valence-electron chi connectivity index (χ3n) is 3.57. The van der Waals surface area contributed by atoms with Crippen molar-refractivity contribution >= 4 is 18.2 Å². The third-order valence-corrected chi connectivity index (χ3v) is 3.57. The van der Waals surface area contributed by atoms with Crippen molar-refractivity contribution in [2.75, 3.05) is 19.0 Å². The van der Waals surface area contributed by atoms with Crippen molar-refractivity contribution in [3.8, 4) is 11.5 Å². The van der Waals surface area contributed by atoms with Crippen molar-refractivity contribution in [1.82, 2.24) is 15.1 Å². The summed E-state index contributed by atoms with van der Waals surface area (Å²) in [5.74, 6) is 1.96. The summed E-state index contributed by atoms with van der Waals surface area (Å²) >= 11 is 0. The van der Waals surface area contributed by atoms with Gasteiger partial charge in [0.05, 0.1) is 5.54 Å². The number of nitrogens with zero attached hydrogens (tertiary/aromatic N) is 4. The Morgan fingerprint density at radius 2 is 2.10 bits per heavy atom. The lowest BCUT2D eigenvalue weighted by atomic mass is 9.77. The number of halogens is 1. The van der Waals surface area contributed by atoms with Crippen LogP contribution in [0.2, 0.25) is 0 Å². The zero-order chi connectivity index (χ0) is 13.5. The summed E-state index contributed by atoms with van der Waals surface area (Å²) in [4.78, 5) is 10.6. The van der Waals surface area contributed by atoms with Gasteiger partial charge in [0, 0.05) is 25.9 Å². The molecule has 0 amide bonds. The van der Waals surface area contributed by atoms with Gasteiger partial charge >= 0.3 is 0 Å². The number of anilines is 1. The van der Waals surface area contributed by atoms with Gasteiger partial charge in [-0.25, -0.2) is 4.98 Å². The molecule has 1 saturated carbocycles. The van der Waals surface area contributed by atoms with Gasteiger partial charge < -0.3 is 15.2 Å². The van der Waals surface area contributed by atoms with Crippen LogP contribution in [0.15, 0.2) is 22.9 Å². The molecule has 1 aliphatic rings. The van der Waals surface area contributed by atoms with E-state index in [0.717, 1.165) is 30.6 Å². The van der Waals surface area contributed by atoms with Gasteiger partial charge in [-0.15, -0.1) is 12.4 Å². The number of aromatic nitrogens is 3. The highest BCUT2D eigenvalue weighted by molar-refractivity contribution is 5.85. The monoisotopic (exact) mass is 295 g/mol. The molecule has 2 aromatic heterocycles. The first-order valence-electron chi connectivity index (χ1n) is 6.35. The molecule has 2 heterocycles. The Morgan fingerprint density at radius 3 is 2.70 bits per heavy atom. The molecule has 108 valence electrons. The van der Waals surface area contributed by atoms with Crippen LogP contribution in [0.5, 0.6) is 0 Å². The highest BCUT2D eigenvalue weighted by Gasteiger charge is 2.39. The summed E-state index contributed by atoms with van der Waals surface area (Å²) in [6.07, 6.45) is 4.70. The van der Waals surface area contributed by atoms with Gasteiger partial charge in [-0.1, -0.05) is 5.16 Å². The average molecular weight is 296 g/mol. The summed E-state index contributed by atoms with van der Waals surface area (Å²) in [5, 5.41) is 4.02. The van der Waals surface area contributed by atoms with Gasteiger partial charge in [0.15, 0.2) is 5.82 Å². The number of hydrogen-bond donors (Lipinski definition) is 1. The van der Waals surface area contributed by atoms with Crippen molar-refractivity contribution in [3.05, 3.63) is 24.2 Å². The summed E-state index contributed by atoms with van der Waals surface area (Å²) in [7, 11) is 3.88. The fourth-order valence-electron chi connectivity index (χ4n) is 2.12. The predicted octanol–water partition coefficient (Wildman–Crippen LogP) is 1.96. The minimum atomic E-state index is -0.390. The van der Waals surface area contributed by atoms with E-state index in [1.54, 1.807) is 6.20 Å². The minimum Gasteiger partial charge on any atom is -0.363 e. The minimum absolute atomic E-state index is 0. The quantitative estimate of drug-likeness (QED) is 0.932. The van der Waals surface area contributed by atoms with Crippen LogP contribution in [0, 0.1) is 0 Å². The maximum atomic E-state index is 6.19. The molecule has 0 aromatic carbocycles. The summed E-state index contributed by atoms with van der Waals surface area (Å²) in [6.45, 7) is 0. The van der Waals surface area contributed by atoms with E-state index >= 15 is 0 Å². The molecule has 2 aromatic rings. The van der Waals surface area contributed by atoms with Crippen molar-refractivity contribution in [3.63, 3.8) is 0 Å². The molecule has 0 saturated heterocycles. The molecular weight excluding hydrogens is 278 g/mol. The highest BCUT2D eigenvalue weighted by atomic mass is 35.5. The largest absolute Gasteiger partial charge is 0.363 e. The second-order valence-electron chi connectivity index (χ2n) is 5.23. The Bertz CT molecular complexity index is 594. The summed E-state index contributed by atoms with van der Waals surface area (Å²) in [6, 6.07) is 3.77. The van der Waals surface area contributed by atoms with Crippen LogP contribution in [0.25, 0.3) is 11.5 Å². The first-order valence-corrected chi connectivity index (χ1v) is 6.35. The first-order chi connectivity index (χ1) is 9.08. The zero-order valence-electron chi connectivity index (χ0n) is 11.5. The number of pyridine rings is 1. The second-order valence-corrected chi connectivity index (χ2v) is 5.23. The molecule has 1 aliphatic carbocycles.